The van der Waals surface area contributed by atoms with Crippen LogP contribution in [0.4, 0.5) is 10.8 Å². The van der Waals surface area contributed by atoms with Gasteiger partial charge in [0.2, 0.25) is 11.0 Å². The monoisotopic (exact) mass is 507 g/mol. The first-order chi connectivity index (χ1) is 17.1. The van der Waals surface area contributed by atoms with E-state index in [0.717, 1.165) is 10.8 Å². The Morgan fingerprint density at radius 2 is 1.74 bits per heavy atom. The molecule has 0 radical (unpaired) electrons. The number of rotatable bonds is 6. The van der Waals surface area contributed by atoms with Gasteiger partial charge in [-0.05, 0) is 24.3 Å². The Labute approximate surface area is 208 Å². The fourth-order valence-electron chi connectivity index (χ4n) is 3.72. The molecule has 0 spiro atoms. The molecule has 0 bridgehead atoms. The average molecular weight is 508 g/mol. The van der Waals surface area contributed by atoms with Crippen LogP contribution in [0, 0.1) is 0 Å². The summed E-state index contributed by atoms with van der Waals surface area (Å²) in [7, 11) is 0. The number of anilines is 2. The predicted molar refractivity (Wildman–Crippen MR) is 136 cm³/mol. The summed E-state index contributed by atoms with van der Waals surface area (Å²) in [4.78, 5) is 41.2. The van der Waals surface area contributed by atoms with Gasteiger partial charge in [0.1, 0.15) is 11.1 Å². The summed E-state index contributed by atoms with van der Waals surface area (Å²) in [5.41, 5.74) is 0.630. The van der Waals surface area contributed by atoms with Gasteiger partial charge in [0.15, 0.2) is 4.34 Å². The summed E-state index contributed by atoms with van der Waals surface area (Å²) in [6.07, 6.45) is 0. The number of fused-ring (bicyclic) bond motifs is 1. The van der Waals surface area contributed by atoms with E-state index < -0.39 is 5.63 Å². The van der Waals surface area contributed by atoms with Crippen molar-refractivity contribution in [3.8, 4) is 0 Å². The second-order valence-electron chi connectivity index (χ2n) is 7.82. The molecule has 4 aromatic rings. The van der Waals surface area contributed by atoms with E-state index in [9.17, 15) is 14.4 Å². The van der Waals surface area contributed by atoms with Crippen molar-refractivity contribution in [1.29, 1.82) is 0 Å². The van der Waals surface area contributed by atoms with Gasteiger partial charge in [-0.1, -0.05) is 59.5 Å². The maximum absolute atomic E-state index is 13.0. The molecule has 1 aliphatic heterocycles. The molecule has 0 saturated carbocycles. The molecule has 0 aliphatic carbocycles. The lowest BCUT2D eigenvalue weighted by molar-refractivity contribution is -0.113. The van der Waals surface area contributed by atoms with Gasteiger partial charge in [0.25, 0.3) is 5.91 Å². The lowest BCUT2D eigenvalue weighted by Crippen LogP contribution is -2.49. The van der Waals surface area contributed by atoms with Crippen molar-refractivity contribution in [3.05, 3.63) is 76.6 Å². The number of hydrogen-bond acceptors (Lipinski definition) is 9. The molecule has 3 heterocycles. The fourth-order valence-corrected chi connectivity index (χ4v) is 5.41. The highest BCUT2D eigenvalue weighted by Gasteiger charge is 2.26. The summed E-state index contributed by atoms with van der Waals surface area (Å²) in [5.74, 6) is -0.203. The lowest BCUT2D eigenvalue weighted by atomic mass is 10.1. The van der Waals surface area contributed by atoms with Crippen molar-refractivity contribution < 1.29 is 14.0 Å². The van der Waals surface area contributed by atoms with Gasteiger partial charge < -0.3 is 19.5 Å². The highest BCUT2D eigenvalue weighted by Crippen LogP contribution is 2.29. The zero-order valence-electron chi connectivity index (χ0n) is 18.5. The first kappa shape index (κ1) is 23.1. The van der Waals surface area contributed by atoms with Crippen molar-refractivity contribution in [2.24, 2.45) is 0 Å². The van der Waals surface area contributed by atoms with Crippen molar-refractivity contribution in [3.63, 3.8) is 0 Å². The number of thioether (sulfide) groups is 1. The number of amides is 2. The van der Waals surface area contributed by atoms with Crippen LogP contribution in [-0.4, -0.2) is 58.8 Å². The number of hydrogen-bond donors (Lipinski definition) is 1. The average Bonchev–Trinajstić information content (AvgIpc) is 3.36. The van der Waals surface area contributed by atoms with Crippen molar-refractivity contribution in [2.45, 2.75) is 4.34 Å². The molecule has 9 nitrogen and oxygen atoms in total. The van der Waals surface area contributed by atoms with Gasteiger partial charge in [-0.3, -0.25) is 9.59 Å². The highest BCUT2D eigenvalue weighted by atomic mass is 32.2. The van der Waals surface area contributed by atoms with Crippen molar-refractivity contribution >= 4 is 56.7 Å². The molecule has 1 fully saturated rings. The van der Waals surface area contributed by atoms with Crippen LogP contribution < -0.4 is 15.8 Å². The second kappa shape index (κ2) is 10.3. The number of para-hydroxylation sites is 2. The summed E-state index contributed by atoms with van der Waals surface area (Å²) < 4.78 is 6.01. The molecule has 11 heteroatoms. The fraction of sp³-hybridized carbons (Fsp3) is 0.208. The van der Waals surface area contributed by atoms with Crippen LogP contribution in [0.3, 0.4) is 0 Å². The number of nitrogens with one attached hydrogen (secondary N) is 1. The Hall–Kier alpha value is -3.70. The molecule has 2 aromatic carbocycles. The van der Waals surface area contributed by atoms with E-state index in [0.29, 0.717) is 41.5 Å². The van der Waals surface area contributed by atoms with E-state index in [1.165, 1.54) is 23.1 Å². The first-order valence-electron chi connectivity index (χ1n) is 10.9. The number of nitrogens with zero attached hydrogens (tertiary/aromatic N) is 4. The standard InChI is InChI=1S/C24H21N5O4S2/c30-20(25-17-7-2-1-3-8-17)15-34-24-27-26-23(35-24)29-12-10-28(11-13-29)21(31)18-14-16-6-4-5-9-19(16)33-22(18)32/h1-9,14H,10-13,15H2,(H,25,30). The third-order valence-electron chi connectivity index (χ3n) is 5.49. The molecular weight excluding hydrogens is 486 g/mol. The minimum atomic E-state index is -0.627. The van der Waals surface area contributed by atoms with Crippen LogP contribution in [0.5, 0.6) is 0 Å². The minimum Gasteiger partial charge on any atom is -0.422 e. The molecule has 2 amide bonds. The molecule has 35 heavy (non-hydrogen) atoms. The van der Waals surface area contributed by atoms with E-state index in [2.05, 4.69) is 20.4 Å². The van der Waals surface area contributed by atoms with Crippen LogP contribution in [0.25, 0.3) is 11.0 Å². The smallest absolute Gasteiger partial charge is 0.349 e. The molecule has 178 valence electrons. The molecule has 1 aliphatic rings. The topological polar surface area (TPSA) is 109 Å². The molecule has 0 unspecified atom stereocenters. The molecule has 0 atom stereocenters. The van der Waals surface area contributed by atoms with E-state index in [-0.39, 0.29) is 23.1 Å². The number of piperazine rings is 1. The van der Waals surface area contributed by atoms with Crippen LogP contribution >= 0.6 is 23.1 Å². The highest BCUT2D eigenvalue weighted by molar-refractivity contribution is 8.01. The van der Waals surface area contributed by atoms with Gasteiger partial charge in [-0.15, -0.1) is 10.2 Å². The van der Waals surface area contributed by atoms with Gasteiger partial charge in [-0.25, -0.2) is 4.79 Å². The van der Waals surface area contributed by atoms with Gasteiger partial charge in [0, 0.05) is 37.3 Å². The van der Waals surface area contributed by atoms with E-state index in [1.807, 2.05) is 42.5 Å². The van der Waals surface area contributed by atoms with Gasteiger partial charge in [-0.2, -0.15) is 0 Å². The number of aromatic nitrogens is 2. The second-order valence-corrected chi connectivity index (χ2v) is 10.00. The molecule has 5 rings (SSSR count). The first-order valence-corrected chi connectivity index (χ1v) is 12.8. The molecular formula is C24H21N5O4S2. The minimum absolute atomic E-state index is 0.0422. The summed E-state index contributed by atoms with van der Waals surface area (Å²) in [5, 5.41) is 12.7. The summed E-state index contributed by atoms with van der Waals surface area (Å²) >= 11 is 2.75. The van der Waals surface area contributed by atoms with E-state index >= 15 is 0 Å². The van der Waals surface area contributed by atoms with Crippen LogP contribution in [0.2, 0.25) is 0 Å². The lowest BCUT2D eigenvalue weighted by Gasteiger charge is -2.34. The van der Waals surface area contributed by atoms with Crippen LogP contribution in [0.1, 0.15) is 10.4 Å². The molecule has 1 saturated heterocycles. The quantitative estimate of drug-likeness (QED) is 0.313. The largest absolute Gasteiger partial charge is 0.422 e. The van der Waals surface area contributed by atoms with Crippen LogP contribution in [-0.2, 0) is 4.79 Å². The summed E-state index contributed by atoms with van der Waals surface area (Å²) in [6.45, 7) is 2.04. The zero-order valence-corrected chi connectivity index (χ0v) is 20.2. The normalized spacial score (nSPS) is 13.7. The van der Waals surface area contributed by atoms with Crippen LogP contribution in [0.15, 0.2) is 74.2 Å². The third-order valence-corrected chi connectivity index (χ3v) is 7.61. The predicted octanol–water partition coefficient (Wildman–Crippen LogP) is 3.34. The van der Waals surface area contributed by atoms with Gasteiger partial charge in [0.05, 0.1) is 5.75 Å². The maximum Gasteiger partial charge on any atom is 0.349 e. The molecule has 2 aromatic heterocycles. The Bertz CT molecular complexity index is 1410. The number of benzene rings is 2. The Morgan fingerprint density at radius 1 is 1.00 bits per heavy atom. The molecule has 1 N–H and O–H groups in total. The van der Waals surface area contributed by atoms with Crippen molar-refractivity contribution in [1.82, 2.24) is 15.1 Å². The third kappa shape index (κ3) is 5.36. The Kier molecular flexibility index (Phi) is 6.77. The van der Waals surface area contributed by atoms with E-state index in [1.54, 1.807) is 23.1 Å². The summed E-state index contributed by atoms with van der Waals surface area (Å²) in [6, 6.07) is 18.0. The number of carbonyl (C=O) groups excluding carboxylic acids is 2. The van der Waals surface area contributed by atoms with Crippen molar-refractivity contribution in [2.75, 3.05) is 42.1 Å². The van der Waals surface area contributed by atoms with E-state index in [4.69, 9.17) is 4.42 Å². The Morgan fingerprint density at radius 3 is 2.54 bits per heavy atom. The maximum atomic E-state index is 13.0. The number of carbonyl (C=O) groups is 2. The Balaban J connectivity index is 1.15. The zero-order chi connectivity index (χ0) is 24.2. The van der Waals surface area contributed by atoms with Gasteiger partial charge >= 0.3 is 5.63 Å². The SMILES string of the molecule is O=C(CSc1nnc(N2CCN(C(=O)c3cc4ccccc4oc3=O)CC2)s1)Nc1ccccc1.